The maximum Gasteiger partial charge on any atom is 0.417 e. The van der Waals surface area contributed by atoms with E-state index in [1.54, 1.807) is 7.05 Å². The van der Waals surface area contributed by atoms with Gasteiger partial charge in [-0.2, -0.15) is 13.2 Å². The number of benzene rings is 1. The number of nitrogens with one attached hydrogen (secondary N) is 1. The van der Waals surface area contributed by atoms with E-state index in [0.717, 1.165) is 10.6 Å². The molecule has 0 aliphatic rings. The van der Waals surface area contributed by atoms with Gasteiger partial charge in [-0.1, -0.05) is 11.6 Å². The molecule has 3 aromatic rings. The first-order valence-electron chi connectivity index (χ1n) is 7.78. The number of halogens is 4. The zero-order chi connectivity index (χ0) is 20.8. The number of carbonyl (C=O) groups is 1. The van der Waals surface area contributed by atoms with Gasteiger partial charge in [-0.15, -0.1) is 0 Å². The van der Waals surface area contributed by atoms with Crippen molar-refractivity contribution < 1.29 is 18.0 Å². The Balaban J connectivity index is 1.94. The number of hydrogen-bond acceptors (Lipinski definition) is 4. The number of alkyl halides is 3. The monoisotopic (exact) mass is 415 g/mol. The summed E-state index contributed by atoms with van der Waals surface area (Å²) in [4.78, 5) is 41.1. The largest absolute Gasteiger partial charge is 0.417 e. The van der Waals surface area contributed by atoms with E-state index >= 15 is 0 Å². The number of aryl methyl sites for hydroxylation is 2. The Morgan fingerprint density at radius 1 is 1.25 bits per heavy atom. The van der Waals surface area contributed by atoms with Gasteiger partial charge in [0.05, 0.1) is 16.9 Å². The summed E-state index contributed by atoms with van der Waals surface area (Å²) >= 11 is 5.54. The van der Waals surface area contributed by atoms with Crippen molar-refractivity contribution in [1.82, 2.24) is 18.7 Å². The first-order chi connectivity index (χ1) is 13.0. The molecule has 28 heavy (non-hydrogen) atoms. The maximum atomic E-state index is 12.9. The topological polar surface area (TPSA) is 90.9 Å². The van der Waals surface area contributed by atoms with Gasteiger partial charge in [0, 0.05) is 19.8 Å². The number of amides is 1. The molecular formula is C16H13ClF3N5O3. The summed E-state index contributed by atoms with van der Waals surface area (Å²) in [6, 6.07) is 2.85. The summed E-state index contributed by atoms with van der Waals surface area (Å²) in [6.07, 6.45) is -3.35. The van der Waals surface area contributed by atoms with Crippen LogP contribution < -0.4 is 16.6 Å². The molecular weight excluding hydrogens is 403 g/mol. The van der Waals surface area contributed by atoms with Crippen LogP contribution in [0, 0.1) is 0 Å². The summed E-state index contributed by atoms with van der Waals surface area (Å²) in [7, 11) is 2.94. The second kappa shape index (κ2) is 6.82. The number of imidazole rings is 1. The average molecular weight is 416 g/mol. The van der Waals surface area contributed by atoms with E-state index in [4.69, 9.17) is 11.6 Å². The summed E-state index contributed by atoms with van der Waals surface area (Å²) in [5.41, 5.74) is -2.54. The third-order valence-electron chi connectivity index (χ3n) is 4.06. The van der Waals surface area contributed by atoms with Crippen LogP contribution in [0.2, 0.25) is 5.02 Å². The minimum atomic E-state index is -4.70. The summed E-state index contributed by atoms with van der Waals surface area (Å²) in [5, 5.41) is 1.72. The summed E-state index contributed by atoms with van der Waals surface area (Å²) in [6.45, 7) is -0.684. The highest BCUT2D eigenvalue weighted by molar-refractivity contribution is 6.31. The number of rotatable bonds is 3. The van der Waals surface area contributed by atoms with E-state index in [2.05, 4.69) is 10.3 Å². The quantitative estimate of drug-likeness (QED) is 0.705. The Morgan fingerprint density at radius 2 is 1.93 bits per heavy atom. The van der Waals surface area contributed by atoms with E-state index in [1.807, 2.05) is 0 Å². The van der Waals surface area contributed by atoms with Crippen molar-refractivity contribution in [3.63, 3.8) is 0 Å². The zero-order valence-corrected chi connectivity index (χ0v) is 15.3. The second-order valence-corrected chi connectivity index (χ2v) is 6.41. The zero-order valence-electron chi connectivity index (χ0n) is 14.5. The van der Waals surface area contributed by atoms with E-state index in [1.165, 1.54) is 24.0 Å². The molecule has 2 aromatic heterocycles. The first kappa shape index (κ1) is 19.7. The molecule has 0 fully saturated rings. The minimum absolute atomic E-state index is 0.112. The second-order valence-electron chi connectivity index (χ2n) is 6.00. The Bertz CT molecular complexity index is 1210. The van der Waals surface area contributed by atoms with Crippen LogP contribution in [0.3, 0.4) is 0 Å². The average Bonchev–Trinajstić information content (AvgIpc) is 2.99. The fraction of sp³-hybridized carbons (Fsp3) is 0.250. The van der Waals surface area contributed by atoms with Gasteiger partial charge in [0.2, 0.25) is 5.91 Å². The number of anilines is 1. The molecule has 1 aromatic carbocycles. The van der Waals surface area contributed by atoms with Gasteiger partial charge in [-0.3, -0.25) is 14.2 Å². The minimum Gasteiger partial charge on any atom is -0.328 e. The van der Waals surface area contributed by atoms with Gasteiger partial charge in [0.1, 0.15) is 6.54 Å². The molecule has 0 aliphatic carbocycles. The molecule has 148 valence electrons. The lowest BCUT2D eigenvalue weighted by Crippen LogP contribution is -2.42. The molecule has 2 heterocycles. The highest BCUT2D eigenvalue weighted by Gasteiger charge is 2.33. The predicted octanol–water partition coefficient (Wildman–Crippen LogP) is 1.74. The van der Waals surface area contributed by atoms with Crippen molar-refractivity contribution in [1.29, 1.82) is 0 Å². The highest BCUT2D eigenvalue weighted by Crippen LogP contribution is 2.36. The third kappa shape index (κ3) is 3.40. The van der Waals surface area contributed by atoms with Crippen LogP contribution in [0.4, 0.5) is 18.9 Å². The van der Waals surface area contributed by atoms with Gasteiger partial charge in [-0.05, 0) is 18.2 Å². The van der Waals surface area contributed by atoms with Crippen LogP contribution in [-0.2, 0) is 31.6 Å². The predicted molar refractivity (Wildman–Crippen MR) is 95.3 cm³/mol. The standard InChI is InChI=1S/C16H13ClF3N5O3/c1-23-7-21-13-12(23)14(27)25(15(28)24(13)2)6-11(26)22-8-3-4-10(17)9(5-8)16(18,19)20/h3-5,7H,6H2,1-2H3,(H,22,26). The molecule has 12 heteroatoms. The molecule has 1 amide bonds. The number of carbonyl (C=O) groups excluding carboxylic acids is 1. The van der Waals surface area contributed by atoms with Crippen molar-refractivity contribution in [2.24, 2.45) is 14.1 Å². The number of fused-ring (bicyclic) bond motifs is 1. The van der Waals surface area contributed by atoms with Crippen LogP contribution in [0.5, 0.6) is 0 Å². The van der Waals surface area contributed by atoms with Crippen molar-refractivity contribution in [2.75, 3.05) is 5.32 Å². The van der Waals surface area contributed by atoms with Crippen LogP contribution in [-0.4, -0.2) is 24.6 Å². The Kier molecular flexibility index (Phi) is 4.79. The van der Waals surface area contributed by atoms with E-state index in [-0.39, 0.29) is 16.9 Å². The molecule has 0 unspecified atom stereocenters. The van der Waals surface area contributed by atoms with E-state index in [9.17, 15) is 27.6 Å². The van der Waals surface area contributed by atoms with Crippen LogP contribution in [0.25, 0.3) is 11.2 Å². The third-order valence-corrected chi connectivity index (χ3v) is 4.39. The molecule has 0 bridgehead atoms. The molecule has 0 atom stereocenters. The van der Waals surface area contributed by atoms with Crippen LogP contribution >= 0.6 is 11.6 Å². The van der Waals surface area contributed by atoms with Gasteiger partial charge in [0.25, 0.3) is 5.56 Å². The Labute approximate surface area is 159 Å². The smallest absolute Gasteiger partial charge is 0.328 e. The normalized spacial score (nSPS) is 11.8. The molecule has 0 aliphatic heterocycles. The molecule has 0 radical (unpaired) electrons. The highest BCUT2D eigenvalue weighted by atomic mass is 35.5. The lowest BCUT2D eigenvalue weighted by atomic mass is 10.2. The fourth-order valence-corrected chi connectivity index (χ4v) is 2.92. The van der Waals surface area contributed by atoms with E-state index in [0.29, 0.717) is 10.6 Å². The van der Waals surface area contributed by atoms with Crippen molar-refractivity contribution in [2.45, 2.75) is 12.7 Å². The molecule has 1 N–H and O–H groups in total. The number of nitrogens with zero attached hydrogens (tertiary/aromatic N) is 4. The van der Waals surface area contributed by atoms with Crippen molar-refractivity contribution in [3.8, 4) is 0 Å². The number of hydrogen-bond donors (Lipinski definition) is 1. The number of aromatic nitrogens is 4. The van der Waals surface area contributed by atoms with Crippen molar-refractivity contribution >= 4 is 34.4 Å². The molecule has 3 rings (SSSR count). The maximum absolute atomic E-state index is 12.9. The first-order valence-corrected chi connectivity index (χ1v) is 8.16. The SMILES string of the molecule is Cn1cnc2c1c(=O)n(CC(=O)Nc1ccc(Cl)c(C(F)(F)F)c1)c(=O)n2C. The van der Waals surface area contributed by atoms with Crippen molar-refractivity contribution in [3.05, 3.63) is 56.0 Å². The summed E-state index contributed by atoms with van der Waals surface area (Å²) in [5.74, 6) is -0.851. The van der Waals surface area contributed by atoms with Gasteiger partial charge in [0.15, 0.2) is 11.2 Å². The molecule has 0 spiro atoms. The lowest BCUT2D eigenvalue weighted by Gasteiger charge is -2.12. The van der Waals surface area contributed by atoms with Crippen LogP contribution in [0.15, 0.2) is 34.1 Å². The van der Waals surface area contributed by atoms with Crippen LogP contribution in [0.1, 0.15) is 5.56 Å². The molecule has 8 nitrogen and oxygen atoms in total. The Hall–Kier alpha value is -3.08. The van der Waals surface area contributed by atoms with E-state index < -0.39 is 40.5 Å². The Morgan fingerprint density at radius 3 is 2.57 bits per heavy atom. The molecule has 0 saturated heterocycles. The fourth-order valence-electron chi connectivity index (χ4n) is 2.70. The summed E-state index contributed by atoms with van der Waals surface area (Å²) < 4.78 is 42.0. The lowest BCUT2D eigenvalue weighted by molar-refractivity contribution is -0.137. The van der Waals surface area contributed by atoms with Gasteiger partial charge < -0.3 is 9.88 Å². The van der Waals surface area contributed by atoms with Gasteiger partial charge in [-0.25, -0.2) is 14.3 Å². The molecule has 0 saturated carbocycles. The van der Waals surface area contributed by atoms with Gasteiger partial charge >= 0.3 is 11.9 Å².